The quantitative estimate of drug-likeness (QED) is 0.834. The third-order valence-corrected chi connectivity index (χ3v) is 5.87. The number of nitrogens with one attached hydrogen (secondary N) is 1. The van der Waals surface area contributed by atoms with Crippen LogP contribution in [0.2, 0.25) is 0 Å². The number of sulfonamides is 1. The fourth-order valence-corrected chi connectivity index (χ4v) is 4.57. The molecule has 3 rings (SSSR count). The number of aliphatic carboxylic acids is 1. The van der Waals surface area contributed by atoms with Gasteiger partial charge in [-0.25, -0.2) is 13.1 Å². The minimum Gasteiger partial charge on any atom is -0.548 e. The number of benzene rings is 2. The summed E-state index contributed by atoms with van der Waals surface area (Å²) in [6, 6.07) is 6.43. The summed E-state index contributed by atoms with van der Waals surface area (Å²) in [5, 5.41) is 12.2. The van der Waals surface area contributed by atoms with Crippen LogP contribution in [0.5, 0.6) is 0 Å². The average molecular weight is 361 g/mol. The first kappa shape index (κ1) is 17.4. The topological polar surface area (TPSA) is 107 Å². The fourth-order valence-electron chi connectivity index (χ4n) is 3.03. The Kier molecular flexibility index (Phi) is 4.04. The molecule has 0 spiro atoms. The molecule has 0 unspecified atom stereocenters. The van der Waals surface area contributed by atoms with Crippen LogP contribution < -0.4 is 14.7 Å². The molecule has 132 valence electrons. The fraction of sp³-hybridized carbons (Fsp3) is 0.294. The zero-order valence-corrected chi connectivity index (χ0v) is 14.8. The zero-order valence-electron chi connectivity index (χ0n) is 13.9. The molecule has 1 heterocycles. The first-order valence-corrected chi connectivity index (χ1v) is 9.20. The van der Waals surface area contributed by atoms with E-state index >= 15 is 0 Å². The molecule has 1 amide bonds. The van der Waals surface area contributed by atoms with Crippen LogP contribution in [-0.4, -0.2) is 33.4 Å². The maximum Gasteiger partial charge on any atom is 0.258 e. The number of anilines is 1. The highest BCUT2D eigenvalue weighted by Crippen LogP contribution is 2.39. The first-order chi connectivity index (χ1) is 11.6. The molecule has 8 heteroatoms. The van der Waals surface area contributed by atoms with Crippen LogP contribution in [0.1, 0.15) is 24.2 Å². The van der Waals surface area contributed by atoms with Gasteiger partial charge >= 0.3 is 0 Å². The molecule has 1 N–H and O–H groups in total. The van der Waals surface area contributed by atoms with Crippen LogP contribution in [-0.2, 0) is 14.8 Å². The molecule has 0 radical (unpaired) electrons. The normalized spacial score (nSPS) is 15.2. The summed E-state index contributed by atoms with van der Waals surface area (Å²) in [6.45, 7) is 3.17. The van der Waals surface area contributed by atoms with Crippen molar-refractivity contribution in [3.63, 3.8) is 0 Å². The number of carbonyl (C=O) groups is 2. The smallest absolute Gasteiger partial charge is 0.258 e. The lowest BCUT2D eigenvalue weighted by molar-refractivity contribution is -0.309. The molecular formula is C17H17N2O5S-. The van der Waals surface area contributed by atoms with Gasteiger partial charge in [0.15, 0.2) is 0 Å². The maximum absolute atomic E-state index is 12.8. The van der Waals surface area contributed by atoms with E-state index in [4.69, 9.17) is 0 Å². The highest BCUT2D eigenvalue weighted by Gasteiger charge is 2.31. The molecule has 0 aliphatic carbocycles. The Morgan fingerprint density at radius 1 is 1.20 bits per heavy atom. The molecule has 1 aliphatic rings. The SMILES string of the molecule is CC(C)[C@@H](NS(=O)(=O)c1ccc2c3c(cccc13)C(=O)N2C)C(=O)[O-]. The minimum atomic E-state index is -4.12. The predicted molar refractivity (Wildman–Crippen MR) is 90.6 cm³/mol. The summed E-state index contributed by atoms with van der Waals surface area (Å²) < 4.78 is 27.7. The molecule has 7 nitrogen and oxygen atoms in total. The molecular weight excluding hydrogens is 344 g/mol. The Balaban J connectivity index is 2.18. The van der Waals surface area contributed by atoms with Crippen LogP contribution in [0.25, 0.3) is 10.8 Å². The lowest BCUT2D eigenvalue weighted by atomic mass is 10.1. The largest absolute Gasteiger partial charge is 0.548 e. The van der Waals surface area contributed by atoms with Gasteiger partial charge in [-0.05, 0) is 24.1 Å². The minimum absolute atomic E-state index is 0.0666. The molecule has 2 aromatic rings. The number of carboxylic acid groups (broad SMARTS) is 1. The second-order valence-corrected chi connectivity index (χ2v) is 8.02. The molecule has 0 saturated heterocycles. The molecule has 0 fully saturated rings. The summed E-state index contributed by atoms with van der Waals surface area (Å²) in [6.07, 6.45) is 0. The van der Waals surface area contributed by atoms with Gasteiger partial charge in [-0.2, -0.15) is 0 Å². The number of hydrogen-bond acceptors (Lipinski definition) is 5. The number of carbonyl (C=O) groups excluding carboxylic acids is 2. The molecule has 0 aromatic heterocycles. The van der Waals surface area contributed by atoms with Crippen LogP contribution in [0.4, 0.5) is 5.69 Å². The van der Waals surface area contributed by atoms with Gasteiger partial charge in [0.2, 0.25) is 10.0 Å². The van der Waals surface area contributed by atoms with Crippen LogP contribution in [0, 0.1) is 5.92 Å². The van der Waals surface area contributed by atoms with Crippen molar-refractivity contribution in [3.8, 4) is 0 Å². The van der Waals surface area contributed by atoms with E-state index in [1.54, 1.807) is 45.2 Å². The van der Waals surface area contributed by atoms with Crippen molar-refractivity contribution < 1.29 is 23.1 Å². The summed E-state index contributed by atoms with van der Waals surface area (Å²) in [4.78, 5) is 24.9. The van der Waals surface area contributed by atoms with Gasteiger partial charge in [-0.15, -0.1) is 0 Å². The van der Waals surface area contributed by atoms with Crippen LogP contribution in [0.15, 0.2) is 35.2 Å². The van der Waals surface area contributed by atoms with Crippen LogP contribution >= 0.6 is 0 Å². The standard InChI is InChI=1S/C17H18N2O5S/c1-9(2)15(17(21)22)18-25(23,24)13-8-7-12-14-10(13)5-4-6-11(14)16(20)19(12)3/h4-9,15,18H,1-3H3,(H,21,22)/p-1/t15-/m1/s1. The summed E-state index contributed by atoms with van der Waals surface area (Å²) in [5.41, 5.74) is 1.04. The van der Waals surface area contributed by atoms with Gasteiger partial charge in [0.25, 0.3) is 5.91 Å². The van der Waals surface area contributed by atoms with Gasteiger partial charge in [0.05, 0.1) is 22.6 Å². The molecule has 0 bridgehead atoms. The Bertz CT molecular complexity index is 998. The Morgan fingerprint density at radius 3 is 2.48 bits per heavy atom. The highest BCUT2D eigenvalue weighted by molar-refractivity contribution is 7.89. The van der Waals surface area contributed by atoms with E-state index < -0.39 is 28.0 Å². The third kappa shape index (κ3) is 2.67. The van der Waals surface area contributed by atoms with E-state index in [0.29, 0.717) is 22.0 Å². The Morgan fingerprint density at radius 2 is 1.88 bits per heavy atom. The van der Waals surface area contributed by atoms with E-state index in [2.05, 4.69) is 4.72 Å². The van der Waals surface area contributed by atoms with Crippen molar-refractivity contribution >= 4 is 38.4 Å². The first-order valence-electron chi connectivity index (χ1n) is 7.72. The second kappa shape index (κ2) is 5.82. The van der Waals surface area contributed by atoms with Gasteiger partial charge in [0.1, 0.15) is 0 Å². The second-order valence-electron chi connectivity index (χ2n) is 6.34. The summed E-state index contributed by atoms with van der Waals surface area (Å²) >= 11 is 0. The van der Waals surface area contributed by atoms with E-state index in [1.807, 2.05) is 0 Å². The highest BCUT2D eigenvalue weighted by atomic mass is 32.2. The molecule has 25 heavy (non-hydrogen) atoms. The number of nitrogens with zero attached hydrogens (tertiary/aromatic N) is 1. The Labute approximate surface area is 145 Å². The van der Waals surface area contributed by atoms with Gasteiger partial charge in [-0.1, -0.05) is 26.0 Å². The molecule has 1 atom stereocenters. The van der Waals surface area contributed by atoms with Crippen molar-refractivity contribution in [2.75, 3.05) is 11.9 Å². The average Bonchev–Trinajstić information content (AvgIpc) is 2.79. The number of carboxylic acids is 1. The van der Waals surface area contributed by atoms with E-state index in [-0.39, 0.29) is 10.8 Å². The molecule has 1 aliphatic heterocycles. The predicted octanol–water partition coefficient (Wildman–Crippen LogP) is 0.483. The lowest BCUT2D eigenvalue weighted by Gasteiger charge is -2.23. The van der Waals surface area contributed by atoms with Gasteiger partial charge in [0, 0.05) is 23.4 Å². The number of amides is 1. The summed E-state index contributed by atoms with van der Waals surface area (Å²) in [7, 11) is -2.50. The van der Waals surface area contributed by atoms with Crippen molar-refractivity contribution in [1.29, 1.82) is 0 Å². The van der Waals surface area contributed by atoms with Gasteiger partial charge < -0.3 is 14.8 Å². The Hall–Kier alpha value is -2.45. The third-order valence-electron chi connectivity index (χ3n) is 4.37. The number of hydrogen-bond donors (Lipinski definition) is 1. The van der Waals surface area contributed by atoms with E-state index in [1.165, 1.54) is 11.0 Å². The molecule has 0 saturated carbocycles. The monoisotopic (exact) mass is 361 g/mol. The van der Waals surface area contributed by atoms with Crippen LogP contribution in [0.3, 0.4) is 0 Å². The van der Waals surface area contributed by atoms with Crippen molar-refractivity contribution in [2.24, 2.45) is 5.92 Å². The zero-order chi connectivity index (χ0) is 18.5. The van der Waals surface area contributed by atoms with Crippen molar-refractivity contribution in [2.45, 2.75) is 24.8 Å². The molecule has 2 aromatic carbocycles. The van der Waals surface area contributed by atoms with Crippen molar-refractivity contribution in [1.82, 2.24) is 4.72 Å². The summed E-state index contributed by atoms with van der Waals surface area (Å²) in [5.74, 6) is -2.18. The van der Waals surface area contributed by atoms with Gasteiger partial charge in [-0.3, -0.25) is 4.79 Å². The van der Waals surface area contributed by atoms with Crippen molar-refractivity contribution in [3.05, 3.63) is 35.9 Å². The van der Waals surface area contributed by atoms with E-state index in [9.17, 15) is 23.1 Å². The number of rotatable bonds is 5. The lowest BCUT2D eigenvalue weighted by Crippen LogP contribution is -2.50. The maximum atomic E-state index is 12.8. The van der Waals surface area contributed by atoms with E-state index in [0.717, 1.165) is 0 Å².